The molecule has 2 N–H and O–H groups in total. The van der Waals surface area contributed by atoms with E-state index in [0.29, 0.717) is 12.6 Å². The normalized spacial score (nSPS) is 12.7. The third kappa shape index (κ3) is 5.37. The third-order valence-corrected chi connectivity index (χ3v) is 5.23. The molecule has 2 aromatic heterocycles. The van der Waals surface area contributed by atoms with E-state index < -0.39 is 0 Å². The molecular weight excluding hydrogens is 286 g/mol. The SMILES string of the molecule is OCCCCCCNC(Cc1cccs1)c1cccs1. The number of aliphatic hydroxyl groups is 1. The molecule has 0 radical (unpaired) electrons. The zero-order valence-corrected chi connectivity index (χ0v) is 13.4. The van der Waals surface area contributed by atoms with Crippen molar-refractivity contribution in [3.8, 4) is 0 Å². The van der Waals surface area contributed by atoms with Gasteiger partial charge in [-0.3, -0.25) is 0 Å². The number of hydrogen-bond donors (Lipinski definition) is 2. The summed E-state index contributed by atoms with van der Waals surface area (Å²) in [6, 6.07) is 9.13. The molecule has 2 rings (SSSR count). The predicted molar refractivity (Wildman–Crippen MR) is 88.6 cm³/mol. The predicted octanol–water partition coefficient (Wildman–Crippen LogP) is 4.24. The monoisotopic (exact) mass is 309 g/mol. The molecule has 0 aliphatic carbocycles. The van der Waals surface area contributed by atoms with Gasteiger partial charge in [0.2, 0.25) is 0 Å². The van der Waals surface area contributed by atoms with Gasteiger partial charge in [-0.25, -0.2) is 0 Å². The fourth-order valence-electron chi connectivity index (χ4n) is 2.26. The minimum Gasteiger partial charge on any atom is -0.396 e. The Morgan fingerprint density at radius 1 is 1.00 bits per heavy atom. The lowest BCUT2D eigenvalue weighted by atomic mass is 10.1. The Labute approximate surface area is 129 Å². The Bertz CT molecular complexity index is 439. The summed E-state index contributed by atoms with van der Waals surface area (Å²) in [5.41, 5.74) is 0. The molecule has 1 unspecified atom stereocenters. The van der Waals surface area contributed by atoms with Gasteiger partial charge in [0.15, 0.2) is 0 Å². The van der Waals surface area contributed by atoms with Crippen LogP contribution >= 0.6 is 22.7 Å². The highest BCUT2D eigenvalue weighted by atomic mass is 32.1. The maximum absolute atomic E-state index is 8.77. The lowest BCUT2D eigenvalue weighted by Crippen LogP contribution is -2.23. The summed E-state index contributed by atoms with van der Waals surface area (Å²) in [7, 11) is 0. The molecule has 0 aliphatic heterocycles. The summed E-state index contributed by atoms with van der Waals surface area (Å²) in [5, 5.41) is 16.8. The molecule has 110 valence electrons. The van der Waals surface area contributed by atoms with Crippen LogP contribution in [0.25, 0.3) is 0 Å². The van der Waals surface area contributed by atoms with Crippen molar-refractivity contribution >= 4 is 22.7 Å². The molecule has 2 nitrogen and oxygen atoms in total. The molecule has 4 heteroatoms. The van der Waals surface area contributed by atoms with Crippen LogP contribution in [0.4, 0.5) is 0 Å². The fourth-order valence-corrected chi connectivity index (χ4v) is 3.81. The highest BCUT2D eigenvalue weighted by Crippen LogP contribution is 2.24. The van der Waals surface area contributed by atoms with Crippen molar-refractivity contribution in [1.82, 2.24) is 5.32 Å². The van der Waals surface area contributed by atoms with Gasteiger partial charge in [0.25, 0.3) is 0 Å². The third-order valence-electron chi connectivity index (χ3n) is 3.35. The highest BCUT2D eigenvalue weighted by Gasteiger charge is 2.13. The molecule has 0 saturated carbocycles. The van der Waals surface area contributed by atoms with Crippen LogP contribution in [0.3, 0.4) is 0 Å². The Hall–Kier alpha value is -0.680. The number of aliphatic hydroxyl groups excluding tert-OH is 1. The van der Waals surface area contributed by atoms with E-state index in [1.807, 2.05) is 22.7 Å². The second kappa shape index (κ2) is 9.29. The van der Waals surface area contributed by atoms with Gasteiger partial charge in [-0.2, -0.15) is 0 Å². The van der Waals surface area contributed by atoms with Crippen LogP contribution in [0, 0.1) is 0 Å². The van der Waals surface area contributed by atoms with E-state index in [4.69, 9.17) is 5.11 Å². The molecule has 0 saturated heterocycles. The molecule has 1 atom stereocenters. The summed E-state index contributed by atoms with van der Waals surface area (Å²) in [4.78, 5) is 2.87. The van der Waals surface area contributed by atoms with Gasteiger partial charge in [0.1, 0.15) is 0 Å². The van der Waals surface area contributed by atoms with E-state index in [1.54, 1.807) is 0 Å². The van der Waals surface area contributed by atoms with Crippen LogP contribution in [0.2, 0.25) is 0 Å². The Balaban J connectivity index is 1.78. The Morgan fingerprint density at radius 3 is 2.50 bits per heavy atom. The molecule has 20 heavy (non-hydrogen) atoms. The van der Waals surface area contributed by atoms with Gasteiger partial charge >= 0.3 is 0 Å². The first-order chi connectivity index (χ1) is 9.90. The van der Waals surface area contributed by atoms with Crippen LogP contribution < -0.4 is 5.32 Å². The van der Waals surface area contributed by atoms with Crippen molar-refractivity contribution in [3.05, 3.63) is 44.8 Å². The van der Waals surface area contributed by atoms with Crippen molar-refractivity contribution in [3.63, 3.8) is 0 Å². The molecule has 0 bridgehead atoms. The van der Waals surface area contributed by atoms with Crippen molar-refractivity contribution in [2.75, 3.05) is 13.2 Å². The summed E-state index contributed by atoms with van der Waals surface area (Å²) < 4.78 is 0. The first kappa shape index (κ1) is 15.7. The Kier molecular flexibility index (Phi) is 7.30. The summed E-state index contributed by atoms with van der Waals surface area (Å²) in [6.07, 6.45) is 5.53. The topological polar surface area (TPSA) is 32.3 Å². The smallest absolute Gasteiger partial charge is 0.0463 e. The lowest BCUT2D eigenvalue weighted by Gasteiger charge is -2.16. The van der Waals surface area contributed by atoms with Crippen LogP contribution in [-0.2, 0) is 6.42 Å². The number of hydrogen-bond acceptors (Lipinski definition) is 4. The average Bonchev–Trinajstić information content (AvgIpc) is 3.13. The molecule has 0 amide bonds. The second-order valence-electron chi connectivity index (χ2n) is 4.94. The van der Waals surface area contributed by atoms with Gasteiger partial charge in [0.05, 0.1) is 0 Å². The van der Waals surface area contributed by atoms with E-state index in [-0.39, 0.29) is 0 Å². The lowest BCUT2D eigenvalue weighted by molar-refractivity contribution is 0.282. The van der Waals surface area contributed by atoms with E-state index in [1.165, 1.54) is 22.6 Å². The van der Waals surface area contributed by atoms with Gasteiger partial charge < -0.3 is 10.4 Å². The number of unbranched alkanes of at least 4 members (excludes halogenated alkanes) is 3. The van der Waals surface area contributed by atoms with E-state index in [0.717, 1.165) is 25.8 Å². The largest absolute Gasteiger partial charge is 0.396 e. The molecule has 0 spiro atoms. The van der Waals surface area contributed by atoms with E-state index in [2.05, 4.69) is 40.3 Å². The molecule has 0 fully saturated rings. The first-order valence-corrected chi connectivity index (χ1v) is 9.06. The molecule has 2 heterocycles. The van der Waals surface area contributed by atoms with Crippen molar-refractivity contribution in [1.29, 1.82) is 0 Å². The van der Waals surface area contributed by atoms with E-state index in [9.17, 15) is 0 Å². The summed E-state index contributed by atoms with van der Waals surface area (Å²) in [5.74, 6) is 0. The summed E-state index contributed by atoms with van der Waals surface area (Å²) >= 11 is 3.67. The van der Waals surface area contributed by atoms with Crippen molar-refractivity contribution < 1.29 is 5.11 Å². The van der Waals surface area contributed by atoms with Crippen LogP contribution in [0.15, 0.2) is 35.0 Å². The minimum absolute atomic E-state index is 0.323. The fraction of sp³-hybridized carbons (Fsp3) is 0.500. The second-order valence-corrected chi connectivity index (χ2v) is 6.95. The van der Waals surface area contributed by atoms with Crippen LogP contribution in [0.5, 0.6) is 0 Å². The average molecular weight is 310 g/mol. The first-order valence-electron chi connectivity index (χ1n) is 7.30. The Morgan fingerprint density at radius 2 is 1.80 bits per heavy atom. The summed E-state index contributed by atoms with van der Waals surface area (Å²) in [6.45, 7) is 1.38. The van der Waals surface area contributed by atoms with Crippen LogP contribution in [-0.4, -0.2) is 18.3 Å². The zero-order chi connectivity index (χ0) is 14.0. The molecule has 2 aromatic rings. The standard InChI is InChI=1S/C16H23NOS2/c18-10-4-2-1-3-9-17-15(16-8-6-12-20-16)13-14-7-5-11-19-14/h5-8,11-12,15,17-18H,1-4,9-10,13H2. The maximum atomic E-state index is 8.77. The van der Waals surface area contributed by atoms with Crippen LogP contribution in [0.1, 0.15) is 41.5 Å². The molecule has 0 aromatic carbocycles. The minimum atomic E-state index is 0.323. The van der Waals surface area contributed by atoms with Crippen molar-refractivity contribution in [2.45, 2.75) is 38.1 Å². The number of rotatable bonds is 10. The van der Waals surface area contributed by atoms with Gasteiger partial charge in [-0.05, 0) is 42.3 Å². The van der Waals surface area contributed by atoms with E-state index >= 15 is 0 Å². The maximum Gasteiger partial charge on any atom is 0.0463 e. The van der Waals surface area contributed by atoms with Gasteiger partial charge in [-0.15, -0.1) is 22.7 Å². The highest BCUT2D eigenvalue weighted by molar-refractivity contribution is 7.10. The number of thiophene rings is 2. The molecule has 0 aliphatic rings. The quantitative estimate of drug-likeness (QED) is 0.644. The van der Waals surface area contributed by atoms with Gasteiger partial charge in [-0.1, -0.05) is 25.0 Å². The van der Waals surface area contributed by atoms with Crippen molar-refractivity contribution in [2.24, 2.45) is 0 Å². The number of nitrogens with one attached hydrogen (secondary N) is 1. The van der Waals surface area contributed by atoms with Gasteiger partial charge in [0, 0.05) is 28.8 Å². The zero-order valence-electron chi connectivity index (χ0n) is 11.8. The molecular formula is C16H23NOS2.